The molecule has 0 atom stereocenters. The number of hydrogen-bond donors (Lipinski definition) is 2. The van der Waals surface area contributed by atoms with Crippen molar-refractivity contribution in [2.45, 2.75) is 13.3 Å². The van der Waals surface area contributed by atoms with E-state index >= 15 is 0 Å². The highest BCUT2D eigenvalue weighted by molar-refractivity contribution is 5.50. The van der Waals surface area contributed by atoms with E-state index in [9.17, 15) is 0 Å². The maximum atomic E-state index is 5.65. The van der Waals surface area contributed by atoms with Gasteiger partial charge in [-0.1, -0.05) is 0 Å². The first-order valence-corrected chi connectivity index (χ1v) is 5.60. The number of nitrogens with one attached hydrogen (secondary N) is 1. The normalized spacial score (nSPS) is 10.2. The van der Waals surface area contributed by atoms with Crippen molar-refractivity contribution in [1.29, 1.82) is 0 Å². The summed E-state index contributed by atoms with van der Waals surface area (Å²) in [4.78, 5) is 8.25. The highest BCUT2D eigenvalue weighted by Crippen LogP contribution is 2.13. The molecule has 0 aliphatic carbocycles. The lowest BCUT2D eigenvalue weighted by Crippen LogP contribution is -2.08. The topological polar surface area (TPSA) is 63.8 Å². The zero-order valence-corrected chi connectivity index (χ0v) is 9.85. The lowest BCUT2D eigenvalue weighted by molar-refractivity contribution is 0.996. The molecule has 2 rings (SSSR count). The first-order chi connectivity index (χ1) is 8.25. The van der Waals surface area contributed by atoms with Gasteiger partial charge in [0.2, 0.25) is 0 Å². The highest BCUT2D eigenvalue weighted by atomic mass is 15.0. The molecule has 0 aliphatic heterocycles. The average Bonchev–Trinajstić information content (AvgIpc) is 2.33. The van der Waals surface area contributed by atoms with Crippen LogP contribution in [0.4, 0.5) is 11.5 Å². The Balaban J connectivity index is 1.90. The van der Waals surface area contributed by atoms with Crippen LogP contribution < -0.4 is 11.1 Å². The number of nitrogen functional groups attached to an aromatic ring is 1. The smallest absolute Gasteiger partial charge is 0.129 e. The summed E-state index contributed by atoms with van der Waals surface area (Å²) in [7, 11) is 0. The van der Waals surface area contributed by atoms with Gasteiger partial charge in [0.15, 0.2) is 0 Å². The molecule has 2 aromatic rings. The summed E-state index contributed by atoms with van der Waals surface area (Å²) in [5, 5.41) is 3.30. The van der Waals surface area contributed by atoms with Crippen LogP contribution in [0.25, 0.3) is 0 Å². The summed E-state index contributed by atoms with van der Waals surface area (Å²) >= 11 is 0. The van der Waals surface area contributed by atoms with E-state index in [4.69, 9.17) is 5.73 Å². The van der Waals surface area contributed by atoms with Crippen molar-refractivity contribution in [3.05, 3.63) is 47.9 Å². The third kappa shape index (κ3) is 3.17. The Morgan fingerprint density at radius 2 is 2.06 bits per heavy atom. The Hall–Kier alpha value is -2.10. The van der Waals surface area contributed by atoms with Crippen LogP contribution in [-0.4, -0.2) is 16.5 Å². The molecule has 4 nitrogen and oxygen atoms in total. The van der Waals surface area contributed by atoms with Crippen LogP contribution in [0, 0.1) is 6.92 Å². The fraction of sp³-hybridized carbons (Fsp3) is 0.231. The van der Waals surface area contributed by atoms with E-state index in [0.717, 1.165) is 24.3 Å². The fourth-order valence-corrected chi connectivity index (χ4v) is 1.66. The Labute approximate surface area is 101 Å². The number of pyridine rings is 2. The van der Waals surface area contributed by atoms with E-state index in [-0.39, 0.29) is 0 Å². The molecule has 0 aromatic carbocycles. The Morgan fingerprint density at radius 3 is 2.76 bits per heavy atom. The summed E-state index contributed by atoms with van der Waals surface area (Å²) in [5.74, 6) is 0.897. The fourth-order valence-electron chi connectivity index (χ4n) is 1.66. The summed E-state index contributed by atoms with van der Waals surface area (Å²) in [6.45, 7) is 2.85. The molecular formula is C13H16N4. The second-order valence-electron chi connectivity index (χ2n) is 3.97. The van der Waals surface area contributed by atoms with Gasteiger partial charge >= 0.3 is 0 Å². The molecule has 17 heavy (non-hydrogen) atoms. The number of aryl methyl sites for hydroxylation is 1. The van der Waals surface area contributed by atoms with E-state index in [0.29, 0.717) is 5.69 Å². The minimum atomic E-state index is 0.696. The maximum absolute atomic E-state index is 5.65. The number of aromatic nitrogens is 2. The number of nitrogens with two attached hydrogens (primary N) is 1. The molecular weight excluding hydrogens is 212 g/mol. The lowest BCUT2D eigenvalue weighted by Gasteiger charge is -2.08. The molecule has 88 valence electrons. The molecule has 2 heterocycles. The Bertz CT molecular complexity index is 482. The minimum absolute atomic E-state index is 0.696. The lowest BCUT2D eigenvalue weighted by atomic mass is 10.2. The molecule has 0 spiro atoms. The van der Waals surface area contributed by atoms with E-state index in [1.165, 1.54) is 5.56 Å². The van der Waals surface area contributed by atoms with Crippen LogP contribution in [-0.2, 0) is 6.42 Å². The van der Waals surface area contributed by atoms with Crippen molar-refractivity contribution in [1.82, 2.24) is 9.97 Å². The monoisotopic (exact) mass is 228 g/mol. The van der Waals surface area contributed by atoms with Crippen LogP contribution >= 0.6 is 0 Å². The van der Waals surface area contributed by atoms with Gasteiger partial charge in [0.25, 0.3) is 0 Å². The van der Waals surface area contributed by atoms with Gasteiger partial charge in [0, 0.05) is 18.9 Å². The predicted molar refractivity (Wildman–Crippen MR) is 69.8 cm³/mol. The van der Waals surface area contributed by atoms with Crippen LogP contribution in [0.3, 0.4) is 0 Å². The van der Waals surface area contributed by atoms with Gasteiger partial charge in [-0.05, 0) is 42.7 Å². The second-order valence-corrected chi connectivity index (χ2v) is 3.97. The summed E-state index contributed by atoms with van der Waals surface area (Å²) in [5.41, 5.74) is 8.68. The van der Waals surface area contributed by atoms with Gasteiger partial charge in [-0.15, -0.1) is 0 Å². The average molecular weight is 228 g/mol. The van der Waals surface area contributed by atoms with Crippen LogP contribution in [0.1, 0.15) is 11.1 Å². The molecule has 0 bridgehead atoms. The minimum Gasteiger partial charge on any atom is -0.397 e. The molecule has 0 fully saturated rings. The van der Waals surface area contributed by atoms with Crippen molar-refractivity contribution in [2.75, 3.05) is 17.6 Å². The van der Waals surface area contributed by atoms with Gasteiger partial charge < -0.3 is 11.1 Å². The van der Waals surface area contributed by atoms with Crippen LogP contribution in [0.2, 0.25) is 0 Å². The van der Waals surface area contributed by atoms with Gasteiger partial charge in [0.1, 0.15) is 5.82 Å². The molecule has 0 amide bonds. The van der Waals surface area contributed by atoms with Crippen molar-refractivity contribution in [2.24, 2.45) is 0 Å². The first kappa shape index (κ1) is 11.4. The molecule has 2 aromatic heterocycles. The van der Waals surface area contributed by atoms with Crippen LogP contribution in [0.5, 0.6) is 0 Å². The molecule has 0 saturated heterocycles. The van der Waals surface area contributed by atoms with Gasteiger partial charge in [-0.2, -0.15) is 0 Å². The Kier molecular flexibility index (Phi) is 3.55. The number of rotatable bonds is 4. The van der Waals surface area contributed by atoms with Crippen molar-refractivity contribution < 1.29 is 0 Å². The standard InChI is InChI=1S/C13H16N4/c1-10-8-12(14)9-17-13(10)16-7-4-11-2-5-15-6-3-11/h2-3,5-6,8-9H,4,7,14H2,1H3,(H,16,17). The first-order valence-electron chi connectivity index (χ1n) is 5.60. The summed E-state index contributed by atoms with van der Waals surface area (Å²) < 4.78 is 0. The third-order valence-corrected chi connectivity index (χ3v) is 2.55. The third-order valence-electron chi connectivity index (χ3n) is 2.55. The Morgan fingerprint density at radius 1 is 1.29 bits per heavy atom. The molecule has 3 N–H and O–H groups in total. The quantitative estimate of drug-likeness (QED) is 0.840. The summed E-state index contributed by atoms with van der Waals surface area (Å²) in [6.07, 6.45) is 6.24. The van der Waals surface area contributed by atoms with Crippen molar-refractivity contribution in [3.63, 3.8) is 0 Å². The zero-order chi connectivity index (χ0) is 12.1. The molecule has 0 radical (unpaired) electrons. The van der Waals surface area contributed by atoms with E-state index in [1.54, 1.807) is 6.20 Å². The zero-order valence-electron chi connectivity index (χ0n) is 9.85. The largest absolute Gasteiger partial charge is 0.397 e. The van der Waals surface area contributed by atoms with Gasteiger partial charge in [0.05, 0.1) is 11.9 Å². The molecule has 0 unspecified atom stereocenters. The van der Waals surface area contributed by atoms with E-state index in [1.807, 2.05) is 37.5 Å². The SMILES string of the molecule is Cc1cc(N)cnc1NCCc1ccncc1. The number of hydrogen-bond acceptors (Lipinski definition) is 4. The van der Waals surface area contributed by atoms with Gasteiger partial charge in [-0.25, -0.2) is 4.98 Å². The predicted octanol–water partition coefficient (Wildman–Crippen LogP) is 2.02. The summed E-state index contributed by atoms with van der Waals surface area (Å²) in [6, 6.07) is 5.96. The second kappa shape index (κ2) is 5.30. The number of anilines is 2. The van der Waals surface area contributed by atoms with Crippen LogP contribution in [0.15, 0.2) is 36.8 Å². The molecule has 0 saturated carbocycles. The molecule has 0 aliphatic rings. The highest BCUT2D eigenvalue weighted by Gasteiger charge is 1.99. The molecule has 4 heteroatoms. The number of nitrogens with zero attached hydrogens (tertiary/aromatic N) is 2. The van der Waals surface area contributed by atoms with Crippen molar-refractivity contribution in [3.8, 4) is 0 Å². The van der Waals surface area contributed by atoms with E-state index < -0.39 is 0 Å². The van der Waals surface area contributed by atoms with Gasteiger partial charge in [-0.3, -0.25) is 4.98 Å². The maximum Gasteiger partial charge on any atom is 0.129 e. The van der Waals surface area contributed by atoms with E-state index in [2.05, 4.69) is 15.3 Å². The van der Waals surface area contributed by atoms with Crippen molar-refractivity contribution >= 4 is 11.5 Å².